The maximum atomic E-state index is 5.58. The van der Waals surface area contributed by atoms with E-state index in [-0.39, 0.29) is 10.8 Å². The summed E-state index contributed by atoms with van der Waals surface area (Å²) in [5.74, 6) is 1.67. The van der Waals surface area contributed by atoms with Gasteiger partial charge in [0.2, 0.25) is 0 Å². The maximum absolute atomic E-state index is 5.58. The summed E-state index contributed by atoms with van der Waals surface area (Å²) in [7, 11) is 1.78. The molecule has 1 N–H and O–H groups in total. The number of nitrogens with one attached hydrogen (secondary N) is 1. The highest BCUT2D eigenvalue weighted by Gasteiger charge is 2.64. The second kappa shape index (κ2) is 5.74. The van der Waals surface area contributed by atoms with Crippen LogP contribution in [-0.4, -0.2) is 19.7 Å². The van der Waals surface area contributed by atoms with Crippen molar-refractivity contribution in [2.24, 2.45) is 11.3 Å². The van der Waals surface area contributed by atoms with Crippen molar-refractivity contribution in [2.75, 3.05) is 13.7 Å². The van der Waals surface area contributed by atoms with Gasteiger partial charge in [0, 0.05) is 23.4 Å². The molecule has 2 heteroatoms. The van der Waals surface area contributed by atoms with Crippen molar-refractivity contribution in [1.82, 2.24) is 5.32 Å². The molecule has 25 heavy (non-hydrogen) atoms. The Labute approximate surface area is 152 Å². The lowest BCUT2D eigenvalue weighted by Crippen LogP contribution is -2.61. The van der Waals surface area contributed by atoms with Crippen LogP contribution in [0.3, 0.4) is 0 Å². The largest absolute Gasteiger partial charge is 0.497 e. The summed E-state index contributed by atoms with van der Waals surface area (Å²) in [4.78, 5) is 0. The van der Waals surface area contributed by atoms with Crippen LogP contribution in [0.5, 0.6) is 5.75 Å². The number of rotatable bonds is 4. The van der Waals surface area contributed by atoms with Gasteiger partial charge in [0.25, 0.3) is 0 Å². The van der Waals surface area contributed by atoms with Gasteiger partial charge in [0.05, 0.1) is 7.11 Å². The minimum atomic E-state index is 0.173. The SMILES string of the molecule is C=CCNC1[C@@H]2CC[C@@]3(C)c4cc(OC)ccc4CC[C@]13C(C)=C2C. The summed E-state index contributed by atoms with van der Waals surface area (Å²) in [6, 6.07) is 7.28. The summed E-state index contributed by atoms with van der Waals surface area (Å²) in [5, 5.41) is 3.88. The number of fused-ring (bicyclic) bond motifs is 3. The van der Waals surface area contributed by atoms with E-state index in [1.165, 1.54) is 36.8 Å². The Kier molecular flexibility index (Phi) is 3.88. The fourth-order valence-corrected chi connectivity index (χ4v) is 6.53. The van der Waals surface area contributed by atoms with E-state index in [0.717, 1.165) is 12.3 Å². The van der Waals surface area contributed by atoms with Crippen LogP contribution in [0.15, 0.2) is 42.0 Å². The van der Waals surface area contributed by atoms with Gasteiger partial charge in [-0.3, -0.25) is 0 Å². The Morgan fingerprint density at radius 1 is 1.32 bits per heavy atom. The van der Waals surface area contributed by atoms with Gasteiger partial charge in [-0.15, -0.1) is 6.58 Å². The lowest BCUT2D eigenvalue weighted by atomic mass is 9.46. The lowest BCUT2D eigenvalue weighted by Gasteiger charge is -2.59. The van der Waals surface area contributed by atoms with Gasteiger partial charge in [-0.1, -0.05) is 30.2 Å². The molecule has 1 spiro atoms. The number of hydrogen-bond acceptors (Lipinski definition) is 2. The van der Waals surface area contributed by atoms with Crippen LogP contribution in [0.2, 0.25) is 0 Å². The first kappa shape index (κ1) is 16.9. The van der Waals surface area contributed by atoms with Crippen LogP contribution >= 0.6 is 0 Å². The quantitative estimate of drug-likeness (QED) is 0.798. The van der Waals surface area contributed by atoms with Crippen LogP contribution in [-0.2, 0) is 11.8 Å². The standard InChI is InChI=1S/C23H31NO/c1-6-13-24-21-19-10-11-22(4)20-14-18(25-5)8-7-17(20)9-12-23(21,22)16(3)15(19)2/h6-8,14,19,21,24H,1,9-13H2,2-5H3/t19-,21?,22+,23+/m1/s1. The normalized spacial score (nSPS) is 36.0. The fourth-order valence-electron chi connectivity index (χ4n) is 6.53. The number of benzene rings is 1. The van der Waals surface area contributed by atoms with Crippen LogP contribution in [0, 0.1) is 11.3 Å². The van der Waals surface area contributed by atoms with E-state index < -0.39 is 0 Å². The van der Waals surface area contributed by atoms with Gasteiger partial charge >= 0.3 is 0 Å². The Hall–Kier alpha value is -1.54. The molecule has 0 saturated heterocycles. The first-order chi connectivity index (χ1) is 12.0. The average molecular weight is 338 g/mol. The lowest BCUT2D eigenvalue weighted by molar-refractivity contribution is 0.0403. The number of methoxy groups -OCH3 is 1. The monoisotopic (exact) mass is 337 g/mol. The highest BCUT2D eigenvalue weighted by molar-refractivity contribution is 5.52. The minimum Gasteiger partial charge on any atom is -0.497 e. The van der Waals surface area contributed by atoms with E-state index >= 15 is 0 Å². The average Bonchev–Trinajstić information content (AvgIpc) is 2.78. The molecule has 1 aromatic carbocycles. The Morgan fingerprint density at radius 2 is 2.12 bits per heavy atom. The zero-order valence-electron chi connectivity index (χ0n) is 16.1. The summed E-state index contributed by atoms with van der Waals surface area (Å²) in [6.07, 6.45) is 6.95. The molecule has 3 aliphatic rings. The van der Waals surface area contributed by atoms with Gasteiger partial charge in [-0.05, 0) is 68.7 Å². The molecule has 4 atom stereocenters. The summed E-state index contributed by atoms with van der Waals surface area (Å²) in [5.41, 5.74) is 6.72. The van der Waals surface area contributed by atoms with E-state index in [4.69, 9.17) is 4.74 Å². The van der Waals surface area contributed by atoms with Gasteiger partial charge in [0.15, 0.2) is 0 Å². The molecule has 2 nitrogen and oxygen atoms in total. The van der Waals surface area contributed by atoms with Crippen molar-refractivity contribution in [3.05, 3.63) is 53.1 Å². The predicted octanol–water partition coefficient (Wildman–Crippen LogP) is 4.79. The molecule has 134 valence electrons. The van der Waals surface area contributed by atoms with Crippen LogP contribution in [0.1, 0.15) is 51.2 Å². The molecule has 1 aromatic rings. The number of ether oxygens (including phenoxy) is 1. The van der Waals surface area contributed by atoms with E-state index in [0.29, 0.717) is 12.0 Å². The van der Waals surface area contributed by atoms with E-state index in [9.17, 15) is 0 Å². The van der Waals surface area contributed by atoms with Crippen LogP contribution in [0.25, 0.3) is 0 Å². The molecule has 2 bridgehead atoms. The molecule has 0 heterocycles. The van der Waals surface area contributed by atoms with Crippen molar-refractivity contribution in [2.45, 2.75) is 57.9 Å². The van der Waals surface area contributed by atoms with E-state index in [1.54, 1.807) is 18.3 Å². The minimum absolute atomic E-state index is 0.173. The molecule has 3 aliphatic carbocycles. The number of hydrogen-bond donors (Lipinski definition) is 1. The van der Waals surface area contributed by atoms with Gasteiger partial charge in [-0.25, -0.2) is 0 Å². The Bertz CT molecular complexity index is 748. The summed E-state index contributed by atoms with van der Waals surface area (Å²) >= 11 is 0. The number of aryl methyl sites for hydroxylation is 1. The molecule has 0 radical (unpaired) electrons. The summed E-state index contributed by atoms with van der Waals surface area (Å²) in [6.45, 7) is 12.1. The third-order valence-corrected chi connectivity index (χ3v) is 7.87. The zero-order valence-corrected chi connectivity index (χ0v) is 16.1. The molecule has 0 amide bonds. The van der Waals surface area contributed by atoms with E-state index in [1.807, 2.05) is 6.08 Å². The Balaban J connectivity index is 1.90. The highest BCUT2D eigenvalue weighted by atomic mass is 16.5. The topological polar surface area (TPSA) is 21.3 Å². The van der Waals surface area contributed by atoms with Crippen molar-refractivity contribution in [3.63, 3.8) is 0 Å². The second-order valence-electron chi connectivity index (χ2n) is 8.45. The van der Waals surface area contributed by atoms with Crippen molar-refractivity contribution >= 4 is 0 Å². The first-order valence-corrected chi connectivity index (χ1v) is 9.69. The molecule has 0 aliphatic heterocycles. The smallest absolute Gasteiger partial charge is 0.119 e. The molecule has 0 aromatic heterocycles. The maximum Gasteiger partial charge on any atom is 0.119 e. The highest BCUT2D eigenvalue weighted by Crippen LogP contribution is 2.67. The van der Waals surface area contributed by atoms with Crippen molar-refractivity contribution < 1.29 is 4.74 Å². The molecular weight excluding hydrogens is 306 g/mol. The van der Waals surface area contributed by atoms with Crippen molar-refractivity contribution in [1.29, 1.82) is 0 Å². The van der Waals surface area contributed by atoms with Gasteiger partial charge in [0.1, 0.15) is 5.75 Å². The predicted molar refractivity (Wildman–Crippen MR) is 104 cm³/mol. The summed E-state index contributed by atoms with van der Waals surface area (Å²) < 4.78 is 5.58. The molecular formula is C23H31NO. The third-order valence-electron chi connectivity index (χ3n) is 7.87. The first-order valence-electron chi connectivity index (χ1n) is 9.69. The van der Waals surface area contributed by atoms with Gasteiger partial charge < -0.3 is 10.1 Å². The molecule has 4 rings (SSSR count). The molecule has 1 fully saturated rings. The Morgan fingerprint density at radius 3 is 2.84 bits per heavy atom. The van der Waals surface area contributed by atoms with Gasteiger partial charge in [-0.2, -0.15) is 0 Å². The second-order valence-corrected chi connectivity index (χ2v) is 8.45. The zero-order chi connectivity index (χ0) is 17.8. The van der Waals surface area contributed by atoms with Crippen LogP contribution < -0.4 is 10.1 Å². The van der Waals surface area contributed by atoms with E-state index in [2.05, 4.69) is 50.9 Å². The molecule has 1 saturated carbocycles. The third kappa shape index (κ3) is 2.01. The molecule has 1 unspecified atom stereocenters. The van der Waals surface area contributed by atoms with Crippen LogP contribution in [0.4, 0.5) is 0 Å². The fraction of sp³-hybridized carbons (Fsp3) is 0.565. The van der Waals surface area contributed by atoms with Crippen molar-refractivity contribution in [3.8, 4) is 5.75 Å².